The van der Waals surface area contributed by atoms with E-state index in [2.05, 4.69) is 28.7 Å². The fourth-order valence-electron chi connectivity index (χ4n) is 2.75. The number of nitrogen functional groups attached to an aromatic ring is 1. The third kappa shape index (κ3) is 2.69. The Balaban J connectivity index is 2.09. The molecule has 0 saturated carbocycles. The van der Waals surface area contributed by atoms with Crippen LogP contribution in [0.25, 0.3) is 0 Å². The summed E-state index contributed by atoms with van der Waals surface area (Å²) >= 11 is 5.92. The van der Waals surface area contributed by atoms with Crippen molar-refractivity contribution in [1.29, 1.82) is 0 Å². The average molecular weight is 269 g/mol. The molecule has 0 amide bonds. The van der Waals surface area contributed by atoms with Crippen LogP contribution in [-0.4, -0.2) is 23.1 Å². The number of piperidine rings is 1. The standard InChI is InChI=1S/C13H21ClN4/c1-3-13(4-2)5-7-18(8-6-13)11-9-10(14)16-12(15)17-11/h9H,3-8H2,1-2H3,(H2,15,16,17). The zero-order valence-electron chi connectivity index (χ0n) is 11.1. The Labute approximate surface area is 114 Å². The third-order valence-electron chi connectivity index (χ3n) is 4.35. The third-order valence-corrected chi connectivity index (χ3v) is 4.54. The molecule has 0 bridgehead atoms. The van der Waals surface area contributed by atoms with Crippen LogP contribution in [-0.2, 0) is 0 Å². The molecule has 1 saturated heterocycles. The van der Waals surface area contributed by atoms with Gasteiger partial charge in [-0.2, -0.15) is 4.98 Å². The minimum Gasteiger partial charge on any atom is -0.368 e. The first-order valence-corrected chi connectivity index (χ1v) is 7.01. The Hall–Kier alpha value is -1.03. The predicted octanol–water partition coefficient (Wildman–Crippen LogP) is 3.12. The predicted molar refractivity (Wildman–Crippen MR) is 75.9 cm³/mol. The molecule has 5 heteroatoms. The topological polar surface area (TPSA) is 55.0 Å². The van der Waals surface area contributed by atoms with E-state index in [9.17, 15) is 0 Å². The highest BCUT2D eigenvalue weighted by Crippen LogP contribution is 2.38. The van der Waals surface area contributed by atoms with E-state index in [1.54, 1.807) is 6.07 Å². The first kappa shape index (κ1) is 13.4. The first-order valence-electron chi connectivity index (χ1n) is 6.63. The molecular weight excluding hydrogens is 248 g/mol. The average Bonchev–Trinajstić information content (AvgIpc) is 2.38. The second-order valence-corrected chi connectivity index (χ2v) is 5.49. The Morgan fingerprint density at radius 1 is 1.28 bits per heavy atom. The van der Waals surface area contributed by atoms with Gasteiger partial charge in [-0.05, 0) is 18.3 Å². The summed E-state index contributed by atoms with van der Waals surface area (Å²) in [6.45, 7) is 6.63. The molecule has 0 aliphatic carbocycles. The number of anilines is 2. The molecule has 18 heavy (non-hydrogen) atoms. The van der Waals surface area contributed by atoms with E-state index in [4.69, 9.17) is 17.3 Å². The van der Waals surface area contributed by atoms with Gasteiger partial charge in [0.05, 0.1) is 0 Å². The van der Waals surface area contributed by atoms with E-state index in [0.717, 1.165) is 18.9 Å². The fourth-order valence-corrected chi connectivity index (χ4v) is 2.94. The van der Waals surface area contributed by atoms with Gasteiger partial charge in [0.2, 0.25) is 5.95 Å². The first-order chi connectivity index (χ1) is 8.58. The maximum absolute atomic E-state index is 5.92. The summed E-state index contributed by atoms with van der Waals surface area (Å²) in [6, 6.07) is 1.79. The van der Waals surface area contributed by atoms with Crippen LogP contribution in [0.4, 0.5) is 11.8 Å². The normalized spacial score (nSPS) is 18.9. The zero-order valence-corrected chi connectivity index (χ0v) is 11.9. The van der Waals surface area contributed by atoms with Crippen molar-refractivity contribution >= 4 is 23.4 Å². The molecule has 0 radical (unpaired) electrons. The minimum atomic E-state index is 0.250. The molecule has 2 heterocycles. The fraction of sp³-hybridized carbons (Fsp3) is 0.692. The van der Waals surface area contributed by atoms with Crippen LogP contribution in [0.5, 0.6) is 0 Å². The van der Waals surface area contributed by atoms with E-state index in [-0.39, 0.29) is 5.95 Å². The summed E-state index contributed by atoms with van der Waals surface area (Å²) in [5.74, 6) is 1.11. The summed E-state index contributed by atoms with van der Waals surface area (Å²) < 4.78 is 0. The number of nitrogens with two attached hydrogens (primary N) is 1. The number of rotatable bonds is 3. The quantitative estimate of drug-likeness (QED) is 0.856. The van der Waals surface area contributed by atoms with Crippen molar-refractivity contribution < 1.29 is 0 Å². The van der Waals surface area contributed by atoms with Crippen molar-refractivity contribution in [3.63, 3.8) is 0 Å². The lowest BCUT2D eigenvalue weighted by Crippen LogP contribution is -2.40. The molecule has 1 aromatic rings. The van der Waals surface area contributed by atoms with Gasteiger partial charge in [0.1, 0.15) is 11.0 Å². The maximum Gasteiger partial charge on any atom is 0.223 e. The number of hydrogen-bond donors (Lipinski definition) is 1. The SMILES string of the molecule is CCC1(CC)CCN(c2cc(Cl)nc(N)n2)CC1. The summed E-state index contributed by atoms with van der Waals surface area (Å²) in [7, 11) is 0. The van der Waals surface area contributed by atoms with Gasteiger partial charge >= 0.3 is 0 Å². The maximum atomic E-state index is 5.92. The molecule has 0 unspecified atom stereocenters. The second kappa shape index (κ2) is 5.31. The van der Waals surface area contributed by atoms with E-state index >= 15 is 0 Å². The molecule has 1 aliphatic heterocycles. The summed E-state index contributed by atoms with van der Waals surface area (Å²) in [4.78, 5) is 10.4. The largest absolute Gasteiger partial charge is 0.368 e. The van der Waals surface area contributed by atoms with Gasteiger partial charge in [0.25, 0.3) is 0 Å². The van der Waals surface area contributed by atoms with Gasteiger partial charge in [-0.15, -0.1) is 0 Å². The molecule has 4 nitrogen and oxygen atoms in total. The Morgan fingerprint density at radius 3 is 2.39 bits per heavy atom. The van der Waals surface area contributed by atoms with Gasteiger partial charge < -0.3 is 10.6 Å². The number of nitrogens with zero attached hydrogens (tertiary/aromatic N) is 3. The number of aromatic nitrogens is 2. The van der Waals surface area contributed by atoms with Gasteiger partial charge in [-0.25, -0.2) is 4.98 Å². The van der Waals surface area contributed by atoms with Crippen LogP contribution in [0.15, 0.2) is 6.07 Å². The van der Waals surface area contributed by atoms with Crippen molar-refractivity contribution in [3.8, 4) is 0 Å². The van der Waals surface area contributed by atoms with Crippen molar-refractivity contribution in [1.82, 2.24) is 9.97 Å². The smallest absolute Gasteiger partial charge is 0.223 e. The molecule has 0 atom stereocenters. The molecule has 0 aromatic carbocycles. The van der Waals surface area contributed by atoms with E-state index < -0.39 is 0 Å². The van der Waals surface area contributed by atoms with Gasteiger partial charge in [0, 0.05) is 19.2 Å². The molecule has 0 spiro atoms. The van der Waals surface area contributed by atoms with E-state index in [1.165, 1.54) is 25.7 Å². The Morgan fingerprint density at radius 2 is 1.89 bits per heavy atom. The van der Waals surface area contributed by atoms with Crippen LogP contribution in [0.3, 0.4) is 0 Å². The Bertz CT molecular complexity index is 387. The van der Waals surface area contributed by atoms with Crippen LogP contribution in [0.2, 0.25) is 5.15 Å². The highest BCUT2D eigenvalue weighted by atomic mass is 35.5. The lowest BCUT2D eigenvalue weighted by atomic mass is 9.74. The zero-order chi connectivity index (χ0) is 13.2. The molecule has 1 fully saturated rings. The molecule has 100 valence electrons. The molecule has 1 aliphatic rings. The molecular formula is C13H21ClN4. The van der Waals surface area contributed by atoms with Crippen LogP contribution in [0.1, 0.15) is 39.5 Å². The Kier molecular flexibility index (Phi) is 3.95. The van der Waals surface area contributed by atoms with Crippen molar-refractivity contribution in [2.45, 2.75) is 39.5 Å². The van der Waals surface area contributed by atoms with E-state index in [0.29, 0.717) is 10.6 Å². The van der Waals surface area contributed by atoms with Crippen LogP contribution < -0.4 is 10.6 Å². The summed E-state index contributed by atoms with van der Waals surface area (Å²) in [6.07, 6.45) is 4.93. The molecule has 2 N–H and O–H groups in total. The summed E-state index contributed by atoms with van der Waals surface area (Å²) in [5, 5.41) is 0.417. The van der Waals surface area contributed by atoms with Crippen LogP contribution in [0, 0.1) is 5.41 Å². The van der Waals surface area contributed by atoms with E-state index in [1.807, 2.05) is 0 Å². The molecule has 2 rings (SSSR count). The minimum absolute atomic E-state index is 0.250. The van der Waals surface area contributed by atoms with Crippen molar-refractivity contribution in [2.24, 2.45) is 5.41 Å². The highest BCUT2D eigenvalue weighted by Gasteiger charge is 2.31. The number of halogens is 1. The molecule has 1 aromatic heterocycles. The lowest BCUT2D eigenvalue weighted by Gasteiger charge is -2.41. The number of hydrogen-bond acceptors (Lipinski definition) is 4. The van der Waals surface area contributed by atoms with Crippen LogP contribution >= 0.6 is 11.6 Å². The lowest BCUT2D eigenvalue weighted by molar-refractivity contribution is 0.199. The van der Waals surface area contributed by atoms with Crippen molar-refractivity contribution in [3.05, 3.63) is 11.2 Å². The second-order valence-electron chi connectivity index (χ2n) is 5.10. The van der Waals surface area contributed by atoms with Gasteiger partial charge in [-0.1, -0.05) is 38.3 Å². The summed E-state index contributed by atoms with van der Waals surface area (Å²) in [5.41, 5.74) is 6.15. The van der Waals surface area contributed by atoms with Gasteiger partial charge in [0.15, 0.2) is 0 Å². The highest BCUT2D eigenvalue weighted by molar-refractivity contribution is 6.29. The van der Waals surface area contributed by atoms with Gasteiger partial charge in [-0.3, -0.25) is 0 Å². The monoisotopic (exact) mass is 268 g/mol. The van der Waals surface area contributed by atoms with Crippen molar-refractivity contribution in [2.75, 3.05) is 23.7 Å².